The fraction of sp³-hybridized carbons (Fsp3) is 0.571. The first-order valence-electron chi connectivity index (χ1n) is 7.03. The molecule has 0 fully saturated rings. The van der Waals surface area contributed by atoms with Crippen LogP contribution >= 0.6 is 11.3 Å². The molecule has 110 valence electrons. The van der Waals surface area contributed by atoms with Crippen molar-refractivity contribution in [3.05, 3.63) is 28.3 Å². The lowest BCUT2D eigenvalue weighted by Crippen LogP contribution is -2.19. The van der Waals surface area contributed by atoms with Gasteiger partial charge < -0.3 is 15.1 Å². The highest BCUT2D eigenvalue weighted by atomic mass is 32.1. The van der Waals surface area contributed by atoms with Gasteiger partial charge in [0, 0.05) is 6.04 Å². The second kappa shape index (κ2) is 7.40. The summed E-state index contributed by atoms with van der Waals surface area (Å²) in [4.78, 5) is 0. The van der Waals surface area contributed by atoms with Gasteiger partial charge in [-0.3, -0.25) is 0 Å². The molecule has 2 rings (SSSR count). The molecule has 20 heavy (non-hydrogen) atoms. The zero-order valence-electron chi connectivity index (χ0n) is 12.2. The molecule has 0 aliphatic carbocycles. The Bertz CT molecular complexity index is 497. The number of thiophene rings is 1. The predicted octanol–water partition coefficient (Wildman–Crippen LogP) is 3.23. The van der Waals surface area contributed by atoms with Crippen molar-refractivity contribution in [1.29, 1.82) is 0 Å². The molecule has 0 spiro atoms. The third-order valence-corrected chi connectivity index (χ3v) is 3.74. The molecule has 0 aromatic carbocycles. The average Bonchev–Trinajstić information content (AvgIpc) is 3.07. The second-order valence-corrected chi connectivity index (χ2v) is 5.78. The summed E-state index contributed by atoms with van der Waals surface area (Å²) in [6.07, 6.45) is 2.03. The van der Waals surface area contributed by atoms with Gasteiger partial charge in [-0.05, 0) is 55.6 Å². The van der Waals surface area contributed by atoms with Crippen molar-refractivity contribution < 1.29 is 4.42 Å². The lowest BCUT2D eigenvalue weighted by atomic mass is 10.1. The molecule has 2 N–H and O–H groups in total. The molecule has 2 aromatic rings. The minimum absolute atomic E-state index is 0.0881. The average molecular weight is 294 g/mol. The minimum Gasteiger partial charge on any atom is -0.406 e. The standard InChI is InChI=1S/C14H22N4OS/c1-4-6-15-11(3)13-17-18-14(19-13)16-10(2)8-12-5-7-20-9-12/h5,7,9-11,15H,4,6,8H2,1-3H3,(H,16,18). The molecule has 0 saturated heterocycles. The summed E-state index contributed by atoms with van der Waals surface area (Å²) in [5.74, 6) is 0.628. The molecule has 6 heteroatoms. The molecule has 0 aliphatic rings. The number of rotatable bonds is 8. The third kappa shape index (κ3) is 4.31. The van der Waals surface area contributed by atoms with Gasteiger partial charge in [-0.25, -0.2) is 0 Å². The van der Waals surface area contributed by atoms with E-state index in [2.05, 4.69) is 51.5 Å². The normalized spacial score (nSPS) is 14.2. The molecule has 2 unspecified atom stereocenters. The Balaban J connectivity index is 1.85. The molecular formula is C14H22N4OS. The lowest BCUT2D eigenvalue weighted by molar-refractivity contribution is 0.421. The van der Waals surface area contributed by atoms with Crippen molar-refractivity contribution in [3.63, 3.8) is 0 Å². The van der Waals surface area contributed by atoms with E-state index in [4.69, 9.17) is 4.42 Å². The molecule has 0 amide bonds. The fourth-order valence-corrected chi connectivity index (χ4v) is 2.62. The van der Waals surface area contributed by atoms with Crippen molar-refractivity contribution in [2.75, 3.05) is 11.9 Å². The fourth-order valence-electron chi connectivity index (χ4n) is 1.94. The Morgan fingerprint density at radius 1 is 1.35 bits per heavy atom. The van der Waals surface area contributed by atoms with Crippen LogP contribution in [-0.2, 0) is 6.42 Å². The molecule has 2 aromatic heterocycles. The van der Waals surface area contributed by atoms with Gasteiger partial charge in [0.15, 0.2) is 0 Å². The summed E-state index contributed by atoms with van der Waals surface area (Å²) < 4.78 is 5.64. The maximum Gasteiger partial charge on any atom is 0.315 e. The van der Waals surface area contributed by atoms with Crippen LogP contribution in [0.1, 0.15) is 44.7 Å². The number of anilines is 1. The molecule has 2 atom stereocenters. The highest BCUT2D eigenvalue weighted by Crippen LogP contribution is 2.16. The first kappa shape index (κ1) is 15.0. The van der Waals surface area contributed by atoms with Gasteiger partial charge in [-0.15, -0.1) is 5.10 Å². The summed E-state index contributed by atoms with van der Waals surface area (Å²) in [6, 6.07) is 2.98. The maximum atomic E-state index is 5.64. The van der Waals surface area contributed by atoms with Crippen LogP contribution in [0.5, 0.6) is 0 Å². The van der Waals surface area contributed by atoms with E-state index in [0.717, 1.165) is 19.4 Å². The number of hydrogen-bond donors (Lipinski definition) is 2. The predicted molar refractivity (Wildman–Crippen MR) is 82.1 cm³/mol. The second-order valence-electron chi connectivity index (χ2n) is 5.00. The van der Waals surface area contributed by atoms with Crippen LogP contribution in [0.25, 0.3) is 0 Å². The first-order valence-corrected chi connectivity index (χ1v) is 7.97. The molecule has 5 nitrogen and oxygen atoms in total. The van der Waals surface area contributed by atoms with E-state index >= 15 is 0 Å². The molecule has 0 saturated carbocycles. The SMILES string of the molecule is CCCNC(C)c1nnc(NC(C)Cc2ccsc2)o1. The zero-order valence-corrected chi connectivity index (χ0v) is 13.0. The molecular weight excluding hydrogens is 272 g/mol. The van der Waals surface area contributed by atoms with Crippen LogP contribution in [0.3, 0.4) is 0 Å². The van der Waals surface area contributed by atoms with Gasteiger partial charge >= 0.3 is 6.01 Å². The molecule has 0 aliphatic heterocycles. The number of aromatic nitrogens is 2. The van der Waals surface area contributed by atoms with E-state index in [1.807, 2.05) is 6.92 Å². The van der Waals surface area contributed by atoms with Crippen molar-refractivity contribution in [3.8, 4) is 0 Å². The number of nitrogens with zero attached hydrogens (tertiary/aromatic N) is 2. The summed E-state index contributed by atoms with van der Waals surface area (Å²) >= 11 is 1.72. The maximum absolute atomic E-state index is 5.64. The Morgan fingerprint density at radius 2 is 2.20 bits per heavy atom. The Morgan fingerprint density at radius 3 is 2.90 bits per heavy atom. The minimum atomic E-state index is 0.0881. The summed E-state index contributed by atoms with van der Waals surface area (Å²) in [6.45, 7) is 7.22. The van der Waals surface area contributed by atoms with Gasteiger partial charge in [0.1, 0.15) is 0 Å². The zero-order chi connectivity index (χ0) is 14.4. The Kier molecular flexibility index (Phi) is 5.55. The van der Waals surface area contributed by atoms with Crippen LogP contribution < -0.4 is 10.6 Å². The molecule has 0 radical (unpaired) electrons. The number of hydrogen-bond acceptors (Lipinski definition) is 6. The smallest absolute Gasteiger partial charge is 0.315 e. The lowest BCUT2D eigenvalue weighted by Gasteiger charge is -2.11. The van der Waals surface area contributed by atoms with Crippen LogP contribution in [-0.4, -0.2) is 22.8 Å². The van der Waals surface area contributed by atoms with Crippen LogP contribution in [0.15, 0.2) is 21.2 Å². The van der Waals surface area contributed by atoms with Crippen molar-refractivity contribution in [1.82, 2.24) is 15.5 Å². The van der Waals surface area contributed by atoms with Crippen molar-refractivity contribution >= 4 is 17.4 Å². The van der Waals surface area contributed by atoms with E-state index in [1.165, 1.54) is 5.56 Å². The van der Waals surface area contributed by atoms with Gasteiger partial charge in [-0.1, -0.05) is 12.0 Å². The van der Waals surface area contributed by atoms with Gasteiger partial charge in [0.2, 0.25) is 5.89 Å². The Labute approximate surface area is 123 Å². The topological polar surface area (TPSA) is 63.0 Å². The summed E-state index contributed by atoms with van der Waals surface area (Å²) in [5, 5.41) is 19.0. The van der Waals surface area contributed by atoms with E-state index in [1.54, 1.807) is 11.3 Å². The van der Waals surface area contributed by atoms with E-state index < -0.39 is 0 Å². The third-order valence-electron chi connectivity index (χ3n) is 3.00. The van der Waals surface area contributed by atoms with E-state index in [0.29, 0.717) is 11.9 Å². The van der Waals surface area contributed by atoms with Crippen molar-refractivity contribution in [2.45, 2.75) is 45.7 Å². The Hall–Kier alpha value is -1.40. The van der Waals surface area contributed by atoms with Gasteiger partial charge in [0.25, 0.3) is 0 Å². The van der Waals surface area contributed by atoms with E-state index in [9.17, 15) is 0 Å². The van der Waals surface area contributed by atoms with Gasteiger partial charge in [0.05, 0.1) is 6.04 Å². The van der Waals surface area contributed by atoms with E-state index in [-0.39, 0.29) is 12.1 Å². The summed E-state index contributed by atoms with van der Waals surface area (Å²) in [5.41, 5.74) is 1.33. The van der Waals surface area contributed by atoms with Crippen LogP contribution in [0.2, 0.25) is 0 Å². The molecule has 2 heterocycles. The van der Waals surface area contributed by atoms with Crippen LogP contribution in [0.4, 0.5) is 6.01 Å². The van der Waals surface area contributed by atoms with Crippen molar-refractivity contribution in [2.24, 2.45) is 0 Å². The quantitative estimate of drug-likeness (QED) is 0.782. The molecule has 0 bridgehead atoms. The summed E-state index contributed by atoms with van der Waals surface area (Å²) in [7, 11) is 0. The number of nitrogens with one attached hydrogen (secondary N) is 2. The monoisotopic (exact) mass is 294 g/mol. The van der Waals surface area contributed by atoms with Crippen LogP contribution in [0, 0.1) is 0 Å². The highest BCUT2D eigenvalue weighted by Gasteiger charge is 2.14. The largest absolute Gasteiger partial charge is 0.406 e. The van der Waals surface area contributed by atoms with Gasteiger partial charge in [-0.2, -0.15) is 11.3 Å². The first-order chi connectivity index (χ1) is 9.69. The highest BCUT2D eigenvalue weighted by molar-refractivity contribution is 7.07.